The number of benzene rings is 2. The van der Waals surface area contributed by atoms with E-state index in [4.69, 9.17) is 4.74 Å². The quantitative estimate of drug-likeness (QED) is 0.773. The van der Waals surface area contributed by atoms with Crippen LogP contribution >= 0.6 is 0 Å². The molecule has 1 aromatic heterocycles. The van der Waals surface area contributed by atoms with Gasteiger partial charge in [-0.1, -0.05) is 28.5 Å². The summed E-state index contributed by atoms with van der Waals surface area (Å²) < 4.78 is 6.88. The molecule has 0 aliphatic rings. The van der Waals surface area contributed by atoms with Crippen LogP contribution in [-0.4, -0.2) is 26.0 Å². The van der Waals surface area contributed by atoms with E-state index in [0.29, 0.717) is 11.4 Å². The van der Waals surface area contributed by atoms with Gasteiger partial charge in [0, 0.05) is 12.7 Å². The summed E-state index contributed by atoms with van der Waals surface area (Å²) in [5.74, 6) is 0.482. The van der Waals surface area contributed by atoms with Gasteiger partial charge in [-0.3, -0.25) is 4.79 Å². The minimum Gasteiger partial charge on any atom is -0.491 e. The van der Waals surface area contributed by atoms with Crippen LogP contribution in [0.5, 0.6) is 17.4 Å². The summed E-state index contributed by atoms with van der Waals surface area (Å²) in [6.45, 7) is 0. The zero-order valence-electron chi connectivity index (χ0n) is 12.3. The lowest BCUT2D eigenvalue weighted by Gasteiger charge is -2.08. The molecular weight excluding hydrogens is 296 g/mol. The molecule has 1 amide bonds. The van der Waals surface area contributed by atoms with Crippen LogP contribution in [0.15, 0.2) is 54.6 Å². The number of rotatable bonds is 4. The Kier molecular flexibility index (Phi) is 3.92. The van der Waals surface area contributed by atoms with Crippen LogP contribution in [0, 0.1) is 0 Å². The first-order valence-electron chi connectivity index (χ1n) is 6.86. The molecule has 0 saturated carbocycles. The van der Waals surface area contributed by atoms with Gasteiger partial charge in [-0.05, 0) is 36.4 Å². The highest BCUT2D eigenvalue weighted by Gasteiger charge is 2.18. The summed E-state index contributed by atoms with van der Waals surface area (Å²) in [6.07, 6.45) is 0. The molecule has 0 fully saturated rings. The van der Waals surface area contributed by atoms with Crippen molar-refractivity contribution in [3.63, 3.8) is 0 Å². The highest BCUT2D eigenvalue weighted by atomic mass is 16.5. The number of para-hydroxylation sites is 1. The standard InChI is InChI=1S/C16H14N4O3/c1-20-14(16(22)18-19-20)15(21)17-11-7-9-13(10-8-11)23-12-5-3-2-4-6-12/h2-10,22H,1H3,(H,17,21). The average molecular weight is 310 g/mol. The van der Waals surface area contributed by atoms with E-state index >= 15 is 0 Å². The molecule has 0 aliphatic carbocycles. The molecule has 7 heteroatoms. The number of aryl methyl sites for hydroxylation is 1. The highest BCUT2D eigenvalue weighted by molar-refractivity contribution is 6.04. The Balaban J connectivity index is 1.69. The first kappa shape index (κ1) is 14.6. The van der Waals surface area contributed by atoms with Crippen LogP contribution < -0.4 is 10.1 Å². The third-order valence-corrected chi connectivity index (χ3v) is 3.12. The number of carbonyl (C=O) groups is 1. The largest absolute Gasteiger partial charge is 0.491 e. The zero-order chi connectivity index (χ0) is 16.2. The summed E-state index contributed by atoms with van der Waals surface area (Å²) in [5, 5.41) is 19.2. The number of carbonyl (C=O) groups excluding carboxylic acids is 1. The molecule has 0 unspecified atom stereocenters. The Morgan fingerprint density at radius 1 is 1.09 bits per heavy atom. The van der Waals surface area contributed by atoms with E-state index in [-0.39, 0.29) is 5.69 Å². The normalized spacial score (nSPS) is 10.3. The lowest BCUT2D eigenvalue weighted by molar-refractivity contribution is 0.101. The number of hydrogen-bond acceptors (Lipinski definition) is 5. The number of hydrogen-bond donors (Lipinski definition) is 2. The predicted octanol–water partition coefficient (Wildman–Crippen LogP) is 2.57. The summed E-state index contributed by atoms with van der Waals surface area (Å²) in [5.41, 5.74) is 0.561. The van der Waals surface area contributed by atoms with Crippen molar-refractivity contribution in [1.29, 1.82) is 0 Å². The van der Waals surface area contributed by atoms with E-state index in [2.05, 4.69) is 15.6 Å². The molecule has 1 heterocycles. The fourth-order valence-electron chi connectivity index (χ4n) is 2.02. The number of nitrogens with zero attached hydrogens (tertiary/aromatic N) is 3. The maximum absolute atomic E-state index is 12.1. The van der Waals surface area contributed by atoms with E-state index in [1.165, 1.54) is 11.7 Å². The molecule has 2 N–H and O–H groups in total. The second-order valence-electron chi connectivity index (χ2n) is 4.78. The molecule has 23 heavy (non-hydrogen) atoms. The van der Waals surface area contributed by atoms with Crippen LogP contribution in [0.1, 0.15) is 10.5 Å². The van der Waals surface area contributed by atoms with Crippen LogP contribution in [0.4, 0.5) is 5.69 Å². The van der Waals surface area contributed by atoms with Crippen molar-refractivity contribution in [3.05, 3.63) is 60.3 Å². The summed E-state index contributed by atoms with van der Waals surface area (Å²) in [6, 6.07) is 16.3. The molecule has 2 aromatic carbocycles. The minimum absolute atomic E-state index is 0.00499. The van der Waals surface area contributed by atoms with Crippen molar-refractivity contribution in [2.24, 2.45) is 7.05 Å². The second-order valence-corrected chi connectivity index (χ2v) is 4.78. The summed E-state index contributed by atoms with van der Waals surface area (Å²) >= 11 is 0. The number of amides is 1. The number of nitrogens with one attached hydrogen (secondary N) is 1. The monoisotopic (exact) mass is 310 g/mol. The van der Waals surface area contributed by atoms with Crippen LogP contribution in [-0.2, 0) is 7.05 Å². The van der Waals surface area contributed by atoms with Gasteiger partial charge in [0.2, 0.25) is 0 Å². The Hall–Kier alpha value is -3.35. The molecule has 0 aliphatic heterocycles. The number of ether oxygens (including phenoxy) is 1. The van der Waals surface area contributed by atoms with E-state index in [1.54, 1.807) is 24.3 Å². The summed E-state index contributed by atoms with van der Waals surface area (Å²) in [4.78, 5) is 12.1. The molecule has 116 valence electrons. The van der Waals surface area contributed by atoms with Crippen molar-refractivity contribution in [2.75, 3.05) is 5.32 Å². The Morgan fingerprint density at radius 2 is 1.74 bits per heavy atom. The molecule has 0 bridgehead atoms. The van der Waals surface area contributed by atoms with Gasteiger partial charge in [-0.2, -0.15) is 0 Å². The third kappa shape index (κ3) is 3.29. The van der Waals surface area contributed by atoms with Gasteiger partial charge in [-0.25, -0.2) is 4.68 Å². The van der Waals surface area contributed by atoms with Gasteiger partial charge >= 0.3 is 0 Å². The van der Waals surface area contributed by atoms with Gasteiger partial charge in [0.1, 0.15) is 11.5 Å². The van der Waals surface area contributed by atoms with Crippen molar-refractivity contribution in [3.8, 4) is 17.4 Å². The molecule has 0 atom stereocenters. The van der Waals surface area contributed by atoms with Crippen LogP contribution in [0.25, 0.3) is 0 Å². The maximum Gasteiger partial charge on any atom is 0.279 e. The topological polar surface area (TPSA) is 89.3 Å². The smallest absolute Gasteiger partial charge is 0.279 e. The van der Waals surface area contributed by atoms with Gasteiger partial charge < -0.3 is 15.2 Å². The number of aromatic nitrogens is 3. The minimum atomic E-state index is -0.494. The molecule has 3 rings (SSSR count). The fraction of sp³-hybridized carbons (Fsp3) is 0.0625. The van der Waals surface area contributed by atoms with E-state index in [0.717, 1.165) is 5.75 Å². The number of anilines is 1. The first-order chi connectivity index (χ1) is 11.1. The second kappa shape index (κ2) is 6.18. The van der Waals surface area contributed by atoms with Gasteiger partial charge in [0.15, 0.2) is 5.69 Å². The zero-order valence-corrected chi connectivity index (χ0v) is 12.3. The van der Waals surface area contributed by atoms with Crippen molar-refractivity contribution >= 4 is 11.6 Å². The van der Waals surface area contributed by atoms with Gasteiger partial charge in [0.25, 0.3) is 11.8 Å². The fourth-order valence-corrected chi connectivity index (χ4v) is 2.02. The van der Waals surface area contributed by atoms with Crippen LogP contribution in [0.3, 0.4) is 0 Å². The lowest BCUT2D eigenvalue weighted by Crippen LogP contribution is -2.16. The Bertz CT molecular complexity index is 794. The average Bonchev–Trinajstić information content (AvgIpc) is 2.89. The van der Waals surface area contributed by atoms with Crippen LogP contribution in [0.2, 0.25) is 0 Å². The van der Waals surface area contributed by atoms with E-state index < -0.39 is 11.8 Å². The lowest BCUT2D eigenvalue weighted by atomic mass is 10.3. The predicted molar refractivity (Wildman–Crippen MR) is 83.6 cm³/mol. The van der Waals surface area contributed by atoms with E-state index in [9.17, 15) is 9.90 Å². The molecule has 3 aromatic rings. The summed E-state index contributed by atoms with van der Waals surface area (Å²) in [7, 11) is 1.53. The van der Waals surface area contributed by atoms with Crippen molar-refractivity contribution < 1.29 is 14.6 Å². The Labute approximate surface area is 132 Å². The Morgan fingerprint density at radius 3 is 2.35 bits per heavy atom. The van der Waals surface area contributed by atoms with Crippen molar-refractivity contribution in [2.45, 2.75) is 0 Å². The highest BCUT2D eigenvalue weighted by Crippen LogP contribution is 2.23. The van der Waals surface area contributed by atoms with Gasteiger partial charge in [-0.15, -0.1) is 0 Å². The maximum atomic E-state index is 12.1. The third-order valence-electron chi connectivity index (χ3n) is 3.12. The van der Waals surface area contributed by atoms with E-state index in [1.807, 2.05) is 30.3 Å². The molecular formula is C16H14N4O3. The molecule has 0 spiro atoms. The molecule has 0 saturated heterocycles. The number of aromatic hydroxyl groups is 1. The first-order valence-corrected chi connectivity index (χ1v) is 6.86. The van der Waals surface area contributed by atoms with Gasteiger partial charge in [0.05, 0.1) is 0 Å². The van der Waals surface area contributed by atoms with Crippen molar-refractivity contribution in [1.82, 2.24) is 15.0 Å². The molecule has 7 nitrogen and oxygen atoms in total. The molecule has 0 radical (unpaired) electrons. The SMILES string of the molecule is Cn1nnc(O)c1C(=O)Nc1ccc(Oc2ccccc2)cc1.